The highest BCUT2D eigenvalue weighted by molar-refractivity contribution is 5.76. The summed E-state index contributed by atoms with van der Waals surface area (Å²) in [7, 11) is 0. The van der Waals surface area contributed by atoms with Crippen LogP contribution < -0.4 is 4.74 Å². The van der Waals surface area contributed by atoms with Gasteiger partial charge in [-0.2, -0.15) is 0 Å². The van der Waals surface area contributed by atoms with Crippen LogP contribution in [0.2, 0.25) is 0 Å². The quantitative estimate of drug-likeness (QED) is 0.708. The van der Waals surface area contributed by atoms with Gasteiger partial charge in [-0.1, -0.05) is 24.3 Å². The monoisotopic (exact) mass is 351 g/mol. The van der Waals surface area contributed by atoms with Crippen LogP contribution in [0.5, 0.6) is 11.5 Å². The van der Waals surface area contributed by atoms with Crippen LogP contribution in [-0.4, -0.2) is 15.8 Å². The molecule has 1 heterocycles. The molecule has 1 N–H and O–H groups in total. The second-order valence-electron chi connectivity index (χ2n) is 5.99. The molecule has 1 aromatic heterocycles. The fourth-order valence-electron chi connectivity index (χ4n) is 2.58. The van der Waals surface area contributed by atoms with Gasteiger partial charge in [0.25, 0.3) is 0 Å². The van der Waals surface area contributed by atoms with Gasteiger partial charge >= 0.3 is 6.09 Å². The van der Waals surface area contributed by atoms with Crippen LogP contribution in [-0.2, 0) is 0 Å². The number of ether oxygens (including phenoxy) is 1. The van der Waals surface area contributed by atoms with Crippen molar-refractivity contribution in [3.05, 3.63) is 82.9 Å². The first-order valence-electron chi connectivity index (χ1n) is 8.07. The van der Waals surface area contributed by atoms with Crippen LogP contribution in [0, 0.1) is 19.7 Å². The van der Waals surface area contributed by atoms with E-state index in [2.05, 4.69) is 0 Å². The van der Waals surface area contributed by atoms with Gasteiger partial charge in [0, 0.05) is 12.4 Å². The Bertz CT molecular complexity index is 965. The van der Waals surface area contributed by atoms with Crippen molar-refractivity contribution in [3.63, 3.8) is 0 Å². The van der Waals surface area contributed by atoms with Gasteiger partial charge in [0.15, 0.2) is 11.6 Å². The molecule has 0 radical (unpaired) electrons. The molecule has 4 nitrogen and oxygen atoms in total. The van der Waals surface area contributed by atoms with E-state index in [0.717, 1.165) is 22.3 Å². The van der Waals surface area contributed by atoms with Gasteiger partial charge in [-0.15, -0.1) is 0 Å². The normalized spacial score (nSPS) is 11.0. The van der Waals surface area contributed by atoms with Crippen molar-refractivity contribution in [2.45, 2.75) is 13.8 Å². The number of benzene rings is 2. The molecule has 0 unspecified atom stereocenters. The summed E-state index contributed by atoms with van der Waals surface area (Å²) in [5.41, 5.74) is 3.34. The topological polar surface area (TPSA) is 51.5 Å². The third-order valence-electron chi connectivity index (χ3n) is 3.94. The Balaban J connectivity index is 1.73. The predicted molar refractivity (Wildman–Crippen MR) is 98.8 cm³/mol. The largest absolute Gasteiger partial charge is 0.507 e. The Kier molecular flexibility index (Phi) is 4.89. The third kappa shape index (κ3) is 3.83. The molecule has 0 saturated carbocycles. The Hall–Kier alpha value is -3.34. The molecule has 0 aliphatic rings. The number of para-hydroxylation sites is 1. The van der Waals surface area contributed by atoms with E-state index in [4.69, 9.17) is 4.74 Å². The number of aromatic hydroxyl groups is 1. The van der Waals surface area contributed by atoms with Crippen molar-refractivity contribution < 1.29 is 19.0 Å². The summed E-state index contributed by atoms with van der Waals surface area (Å²) in [4.78, 5) is 12.1. The summed E-state index contributed by atoms with van der Waals surface area (Å²) in [5, 5.41) is 9.82. The number of phenolic OH excluding ortho intramolecular Hbond substituents is 1. The summed E-state index contributed by atoms with van der Waals surface area (Å²) >= 11 is 0. The number of rotatable bonds is 3. The molecule has 3 aromatic rings. The lowest BCUT2D eigenvalue weighted by atomic mass is 10.1. The number of nitrogens with zero attached hydrogens (tertiary/aromatic N) is 1. The SMILES string of the molecule is Cc1cc(C=Cc2ccn(C(=O)Oc3ccccc3F)c2)cc(C)c1O. The summed E-state index contributed by atoms with van der Waals surface area (Å²) in [5.74, 6) is -0.409. The number of hydrogen-bond donors (Lipinski definition) is 1. The zero-order valence-electron chi connectivity index (χ0n) is 14.4. The van der Waals surface area contributed by atoms with Crippen molar-refractivity contribution >= 4 is 18.2 Å². The lowest BCUT2D eigenvalue weighted by Crippen LogP contribution is -2.15. The van der Waals surface area contributed by atoms with Crippen molar-refractivity contribution in [1.82, 2.24) is 4.57 Å². The van der Waals surface area contributed by atoms with Gasteiger partial charge in [-0.25, -0.2) is 9.18 Å². The highest BCUT2D eigenvalue weighted by Crippen LogP contribution is 2.24. The van der Waals surface area contributed by atoms with Crippen LogP contribution in [0.25, 0.3) is 12.2 Å². The summed E-state index contributed by atoms with van der Waals surface area (Å²) in [6.07, 6.45) is 6.20. The standard InChI is InChI=1S/C21H18FNO3/c1-14-11-17(12-15(2)20(14)24)8-7-16-9-10-23(13-16)21(25)26-19-6-4-3-5-18(19)22/h3-13,24H,1-2H3. The number of carbonyl (C=O) groups is 1. The minimum atomic E-state index is -0.689. The van der Waals surface area contributed by atoms with E-state index in [9.17, 15) is 14.3 Å². The molecule has 0 aliphatic heterocycles. The highest BCUT2D eigenvalue weighted by atomic mass is 19.1. The molecule has 0 fully saturated rings. The summed E-state index contributed by atoms with van der Waals surface area (Å²) < 4.78 is 19.9. The van der Waals surface area contributed by atoms with Gasteiger partial charge in [-0.3, -0.25) is 4.57 Å². The van der Waals surface area contributed by atoms with E-state index < -0.39 is 11.9 Å². The highest BCUT2D eigenvalue weighted by Gasteiger charge is 2.10. The van der Waals surface area contributed by atoms with Gasteiger partial charge in [0.1, 0.15) is 5.75 Å². The van der Waals surface area contributed by atoms with Crippen LogP contribution in [0.4, 0.5) is 9.18 Å². The number of hydrogen-bond acceptors (Lipinski definition) is 3. The third-order valence-corrected chi connectivity index (χ3v) is 3.94. The van der Waals surface area contributed by atoms with Gasteiger partial charge in [0.05, 0.1) is 0 Å². The molecular weight excluding hydrogens is 333 g/mol. The smallest absolute Gasteiger partial charge is 0.423 e. The second-order valence-corrected chi connectivity index (χ2v) is 5.99. The Morgan fingerprint density at radius 3 is 2.42 bits per heavy atom. The molecule has 5 heteroatoms. The first-order chi connectivity index (χ1) is 12.4. The van der Waals surface area contributed by atoms with Crippen molar-refractivity contribution in [2.75, 3.05) is 0 Å². The number of phenols is 1. The maximum Gasteiger partial charge on any atom is 0.423 e. The molecule has 26 heavy (non-hydrogen) atoms. The minimum Gasteiger partial charge on any atom is -0.507 e. The van der Waals surface area contributed by atoms with E-state index in [-0.39, 0.29) is 5.75 Å². The van der Waals surface area contributed by atoms with Crippen LogP contribution in [0.15, 0.2) is 54.9 Å². The molecule has 0 amide bonds. The van der Waals surface area contributed by atoms with Gasteiger partial charge in [-0.05, 0) is 66.4 Å². The summed E-state index contributed by atoms with van der Waals surface area (Å²) in [6.45, 7) is 3.68. The van der Waals surface area contributed by atoms with E-state index in [1.54, 1.807) is 24.5 Å². The van der Waals surface area contributed by atoms with Crippen LogP contribution in [0.3, 0.4) is 0 Å². The molecule has 0 aliphatic carbocycles. The van der Waals surface area contributed by atoms with Gasteiger partial charge in [0.2, 0.25) is 0 Å². The van der Waals surface area contributed by atoms with E-state index in [1.807, 2.05) is 38.1 Å². The second kappa shape index (κ2) is 7.27. The number of aromatic nitrogens is 1. The van der Waals surface area contributed by atoms with Crippen LogP contribution in [0.1, 0.15) is 22.3 Å². The lowest BCUT2D eigenvalue weighted by Gasteiger charge is -2.05. The molecule has 0 saturated heterocycles. The molecule has 132 valence electrons. The van der Waals surface area contributed by atoms with Crippen molar-refractivity contribution in [2.24, 2.45) is 0 Å². The predicted octanol–water partition coefficient (Wildman–Crippen LogP) is 5.17. The van der Waals surface area contributed by atoms with E-state index in [1.165, 1.54) is 22.8 Å². The van der Waals surface area contributed by atoms with Gasteiger partial charge < -0.3 is 9.84 Å². The molecule has 3 rings (SSSR count). The number of carbonyl (C=O) groups excluding carboxylic acids is 1. The lowest BCUT2D eigenvalue weighted by molar-refractivity contribution is 0.200. The minimum absolute atomic E-state index is 0.113. The fraction of sp³-hybridized carbons (Fsp3) is 0.0952. The van der Waals surface area contributed by atoms with Crippen molar-refractivity contribution in [1.29, 1.82) is 0 Å². The Morgan fingerprint density at radius 1 is 1.08 bits per heavy atom. The Morgan fingerprint density at radius 2 is 1.73 bits per heavy atom. The molecule has 2 aromatic carbocycles. The average Bonchev–Trinajstić information content (AvgIpc) is 3.09. The van der Waals surface area contributed by atoms with E-state index in [0.29, 0.717) is 5.75 Å². The van der Waals surface area contributed by atoms with Crippen LogP contribution >= 0.6 is 0 Å². The zero-order chi connectivity index (χ0) is 18.7. The molecule has 0 atom stereocenters. The molecule has 0 bridgehead atoms. The fourth-order valence-corrected chi connectivity index (χ4v) is 2.58. The Labute approximate surface area is 150 Å². The molecule has 0 spiro atoms. The van der Waals surface area contributed by atoms with E-state index >= 15 is 0 Å². The zero-order valence-corrected chi connectivity index (χ0v) is 14.4. The molecular formula is C21H18FNO3. The number of halogens is 1. The summed E-state index contributed by atoms with van der Waals surface area (Å²) in [6, 6.07) is 11.3. The average molecular weight is 351 g/mol. The first-order valence-corrected chi connectivity index (χ1v) is 8.07. The van der Waals surface area contributed by atoms with Crippen molar-refractivity contribution in [3.8, 4) is 11.5 Å². The maximum absolute atomic E-state index is 13.6. The first kappa shape index (κ1) is 17.5. The number of aryl methyl sites for hydroxylation is 2. The maximum atomic E-state index is 13.6.